The van der Waals surface area contributed by atoms with Gasteiger partial charge in [0, 0.05) is 32.9 Å². The molecule has 0 amide bonds. The predicted octanol–water partition coefficient (Wildman–Crippen LogP) is 2.69. The van der Waals surface area contributed by atoms with Crippen LogP contribution in [0.1, 0.15) is 25.0 Å². The van der Waals surface area contributed by atoms with E-state index in [-0.39, 0.29) is 37.4 Å². The molecular formula is C19H18N3O3ReS-5. The molecule has 0 saturated carbocycles. The van der Waals surface area contributed by atoms with Crippen LogP contribution in [0.3, 0.4) is 0 Å². The zero-order chi connectivity index (χ0) is 18.7. The van der Waals surface area contributed by atoms with E-state index in [1.807, 2.05) is 13.8 Å². The number of aliphatic imine (C=N–C) groups is 2. The number of thiocarbonyl (C=S) groups is 1. The molecule has 0 fully saturated rings. The Bertz CT molecular complexity index is 789. The van der Waals surface area contributed by atoms with Crippen LogP contribution in [-0.2, 0) is 25.9 Å². The van der Waals surface area contributed by atoms with Crippen molar-refractivity contribution in [3.8, 4) is 11.5 Å². The van der Waals surface area contributed by atoms with E-state index in [4.69, 9.17) is 5.41 Å². The Kier molecular flexibility index (Phi) is 13.9. The summed E-state index contributed by atoms with van der Waals surface area (Å²) in [6, 6.07) is 13.5. The summed E-state index contributed by atoms with van der Waals surface area (Å²) in [7, 11) is 0. The molecule has 0 aromatic heterocycles. The van der Waals surface area contributed by atoms with Crippen molar-refractivity contribution in [3.63, 3.8) is 0 Å². The first-order chi connectivity index (χ1) is 11.9. The van der Waals surface area contributed by atoms with Gasteiger partial charge in [-0.25, -0.2) is 0 Å². The first kappa shape index (κ1) is 27.0. The van der Waals surface area contributed by atoms with Gasteiger partial charge in [-0.15, -0.1) is 11.5 Å². The Hall–Kier alpha value is -2.20. The van der Waals surface area contributed by atoms with Crippen LogP contribution in [0.2, 0.25) is 0 Å². The normalized spacial score (nSPS) is 10.3. The SMILES string of the molecule is CC(C)(CN=Cc1ccccc1[O-])N=Cc1ccccc1[O-].[N-]=C=S.[O-2].[Re]. The number of hydrogen-bond donors (Lipinski definition) is 0. The third-order valence-electron chi connectivity index (χ3n) is 3.10. The quantitative estimate of drug-likeness (QED) is 0.417. The van der Waals surface area contributed by atoms with Gasteiger partial charge in [-0.05, 0) is 25.0 Å². The van der Waals surface area contributed by atoms with Crippen molar-refractivity contribution in [2.24, 2.45) is 9.98 Å². The molecule has 2 aromatic carbocycles. The summed E-state index contributed by atoms with van der Waals surface area (Å²) in [6.07, 6.45) is 3.15. The summed E-state index contributed by atoms with van der Waals surface area (Å²) in [5.74, 6) is -0.0985. The molecule has 0 N–H and O–H groups in total. The monoisotopic (exact) mass is 555 g/mol. The van der Waals surface area contributed by atoms with Gasteiger partial charge in [-0.3, -0.25) is 9.98 Å². The Morgan fingerprint density at radius 2 is 1.41 bits per heavy atom. The largest absolute Gasteiger partial charge is 2.00 e. The maximum Gasteiger partial charge on any atom is 0.0746 e. The van der Waals surface area contributed by atoms with E-state index in [1.54, 1.807) is 48.8 Å². The number of benzene rings is 2. The van der Waals surface area contributed by atoms with Gasteiger partial charge in [0.05, 0.1) is 12.1 Å². The number of hydrogen-bond acceptors (Lipinski definition) is 5. The van der Waals surface area contributed by atoms with E-state index in [0.29, 0.717) is 17.7 Å². The van der Waals surface area contributed by atoms with E-state index < -0.39 is 5.54 Å². The van der Waals surface area contributed by atoms with Gasteiger partial charge in [-0.2, -0.15) is 5.16 Å². The van der Waals surface area contributed by atoms with Crippen molar-refractivity contribution < 1.29 is 36.1 Å². The van der Waals surface area contributed by atoms with Crippen LogP contribution < -0.4 is 10.2 Å². The van der Waals surface area contributed by atoms with Crippen LogP contribution in [0.15, 0.2) is 58.5 Å². The van der Waals surface area contributed by atoms with Gasteiger partial charge in [0.1, 0.15) is 0 Å². The van der Waals surface area contributed by atoms with Crippen molar-refractivity contribution in [2.75, 3.05) is 6.54 Å². The fourth-order valence-electron chi connectivity index (χ4n) is 1.83. The van der Waals surface area contributed by atoms with Gasteiger partial charge < -0.3 is 21.1 Å². The van der Waals surface area contributed by atoms with Crippen LogP contribution >= 0.6 is 12.2 Å². The fourth-order valence-corrected chi connectivity index (χ4v) is 1.83. The van der Waals surface area contributed by atoms with E-state index in [1.165, 1.54) is 17.3 Å². The number of para-hydroxylation sites is 2. The molecule has 0 bridgehead atoms. The molecular weight excluding hydrogens is 537 g/mol. The topological polar surface area (TPSA) is 122 Å². The molecule has 0 saturated heterocycles. The number of rotatable bonds is 5. The average molecular weight is 555 g/mol. The first-order valence-corrected chi connectivity index (χ1v) is 7.89. The van der Waals surface area contributed by atoms with Crippen molar-refractivity contribution >= 4 is 29.8 Å². The van der Waals surface area contributed by atoms with E-state index >= 15 is 0 Å². The average Bonchev–Trinajstić information content (AvgIpc) is 2.57. The molecule has 6 nitrogen and oxygen atoms in total. The minimum atomic E-state index is -0.448. The molecule has 0 aliphatic carbocycles. The molecule has 0 aliphatic rings. The van der Waals surface area contributed by atoms with Gasteiger partial charge in [-0.1, -0.05) is 60.7 Å². The molecule has 0 heterocycles. The maximum absolute atomic E-state index is 11.6. The van der Waals surface area contributed by atoms with Crippen LogP contribution in [0, 0.1) is 0 Å². The summed E-state index contributed by atoms with van der Waals surface area (Å²) >= 11 is 3.70. The Balaban J connectivity index is 0. The minimum Gasteiger partial charge on any atom is -2.00 e. The molecule has 145 valence electrons. The third kappa shape index (κ3) is 10.5. The molecule has 2 aromatic rings. The van der Waals surface area contributed by atoms with Crippen molar-refractivity contribution in [3.05, 3.63) is 65.1 Å². The van der Waals surface area contributed by atoms with Crippen LogP contribution in [0.5, 0.6) is 11.5 Å². The second kappa shape index (κ2) is 13.9. The van der Waals surface area contributed by atoms with Gasteiger partial charge in [0.2, 0.25) is 0 Å². The van der Waals surface area contributed by atoms with Gasteiger partial charge >= 0.3 is 0 Å². The van der Waals surface area contributed by atoms with Gasteiger partial charge in [0.15, 0.2) is 0 Å². The molecule has 8 heteroatoms. The number of isothiocyanates is 1. The standard InChI is InChI=1S/C18H20N2O2.CNS.O.Re/c1-18(2,20-12-15-8-4-6-10-17(15)22)13-19-11-14-7-3-5-9-16(14)21;2-1-3;;/h3-12,21-22H,13H2,1-2H3;;;/q;-1;-2;/p-2. The van der Waals surface area contributed by atoms with Crippen LogP contribution in [0.25, 0.3) is 5.41 Å². The van der Waals surface area contributed by atoms with Crippen LogP contribution in [0.4, 0.5) is 0 Å². The second-order valence-electron chi connectivity index (χ2n) is 5.71. The molecule has 0 atom stereocenters. The van der Waals surface area contributed by atoms with E-state index in [9.17, 15) is 10.2 Å². The molecule has 1 radical (unpaired) electrons. The van der Waals surface area contributed by atoms with Crippen molar-refractivity contribution in [1.82, 2.24) is 0 Å². The van der Waals surface area contributed by atoms with Crippen molar-refractivity contribution in [1.29, 1.82) is 0 Å². The van der Waals surface area contributed by atoms with E-state index in [0.717, 1.165) is 0 Å². The Labute approximate surface area is 178 Å². The summed E-state index contributed by atoms with van der Waals surface area (Å²) in [5, 5.41) is 31.7. The summed E-state index contributed by atoms with van der Waals surface area (Å²) in [4.78, 5) is 8.72. The second-order valence-corrected chi connectivity index (χ2v) is 5.89. The van der Waals surface area contributed by atoms with Gasteiger partial charge in [0.25, 0.3) is 0 Å². The van der Waals surface area contributed by atoms with Crippen molar-refractivity contribution in [2.45, 2.75) is 19.4 Å². The minimum absolute atomic E-state index is 0. The summed E-state index contributed by atoms with van der Waals surface area (Å²) in [5.41, 5.74) is 0.674. The molecule has 27 heavy (non-hydrogen) atoms. The summed E-state index contributed by atoms with van der Waals surface area (Å²) < 4.78 is 0. The smallest absolute Gasteiger partial charge is 0.0746 e. The molecule has 0 unspecified atom stereocenters. The molecule has 0 spiro atoms. The third-order valence-corrected chi connectivity index (χ3v) is 3.10. The Morgan fingerprint density at radius 1 is 1.00 bits per heavy atom. The molecule has 0 aliphatic heterocycles. The molecule has 2 rings (SSSR count). The summed E-state index contributed by atoms with van der Waals surface area (Å²) in [6.45, 7) is 4.29. The Morgan fingerprint density at radius 3 is 1.85 bits per heavy atom. The van der Waals surface area contributed by atoms with E-state index in [2.05, 4.69) is 22.2 Å². The maximum atomic E-state index is 11.6. The number of nitrogens with zero attached hydrogens (tertiary/aromatic N) is 3. The predicted molar refractivity (Wildman–Crippen MR) is 103 cm³/mol. The first-order valence-electron chi connectivity index (χ1n) is 7.48. The van der Waals surface area contributed by atoms with Crippen LogP contribution in [-0.4, -0.2) is 29.7 Å². The zero-order valence-electron chi connectivity index (χ0n) is 14.8. The zero-order valence-corrected chi connectivity index (χ0v) is 18.4. The fraction of sp³-hybridized carbons (Fsp3) is 0.211.